The molecule has 5 nitrogen and oxygen atoms in total. The molecule has 1 aliphatic rings. The zero-order chi connectivity index (χ0) is 16.6. The fraction of sp³-hybridized carbons (Fsp3) is 0.250. The number of hydrogen-bond acceptors (Lipinski definition) is 3. The maximum absolute atomic E-state index is 13.9. The Labute approximate surface area is 134 Å². The lowest BCUT2D eigenvalue weighted by molar-refractivity contribution is 0.475. The van der Waals surface area contributed by atoms with Crippen LogP contribution in [0.25, 0.3) is 0 Å². The Kier molecular flexibility index (Phi) is 3.99. The van der Waals surface area contributed by atoms with Gasteiger partial charge in [0, 0.05) is 19.5 Å². The molecule has 0 atom stereocenters. The van der Waals surface area contributed by atoms with E-state index in [1.807, 2.05) is 13.0 Å². The lowest BCUT2D eigenvalue weighted by Crippen LogP contribution is -2.29. The molecule has 0 unspecified atom stereocenters. The van der Waals surface area contributed by atoms with Crippen molar-refractivity contribution in [1.29, 1.82) is 0 Å². The number of nitrogens with zero attached hydrogens (tertiary/aromatic N) is 1. The van der Waals surface area contributed by atoms with E-state index in [1.54, 1.807) is 18.2 Å². The number of nitrogens with one attached hydrogen (secondary N) is 1. The maximum atomic E-state index is 13.9. The van der Waals surface area contributed by atoms with Gasteiger partial charge in [0.2, 0.25) is 0 Å². The molecule has 1 aliphatic heterocycles. The quantitative estimate of drug-likeness (QED) is 0.902. The van der Waals surface area contributed by atoms with Gasteiger partial charge in [0.25, 0.3) is 0 Å². The largest absolute Gasteiger partial charge is 0.506 e. The van der Waals surface area contributed by atoms with Crippen LogP contribution in [0.2, 0.25) is 0 Å². The van der Waals surface area contributed by atoms with Gasteiger partial charge in [-0.05, 0) is 41.8 Å². The summed E-state index contributed by atoms with van der Waals surface area (Å²) in [5.74, 6) is -0.429. The summed E-state index contributed by atoms with van der Waals surface area (Å²) in [6.07, 6.45) is 0.324. The van der Waals surface area contributed by atoms with Gasteiger partial charge in [-0.1, -0.05) is 18.2 Å². The number of anilines is 1. The van der Waals surface area contributed by atoms with Crippen molar-refractivity contribution in [3.8, 4) is 5.75 Å². The normalized spacial score (nSPS) is 16.7. The maximum Gasteiger partial charge on any atom is 0.301 e. The summed E-state index contributed by atoms with van der Waals surface area (Å²) in [4.78, 5) is 0. The van der Waals surface area contributed by atoms with E-state index in [-0.39, 0.29) is 23.8 Å². The Hall–Kier alpha value is -2.12. The fourth-order valence-corrected chi connectivity index (χ4v) is 3.88. The molecule has 0 radical (unpaired) electrons. The number of rotatable bonds is 3. The van der Waals surface area contributed by atoms with Crippen molar-refractivity contribution in [2.75, 3.05) is 17.4 Å². The van der Waals surface area contributed by atoms with E-state index in [2.05, 4.69) is 4.72 Å². The van der Waals surface area contributed by atoms with Crippen LogP contribution in [-0.2, 0) is 16.6 Å². The molecular formula is C16H17FN2O3S. The molecule has 1 heterocycles. The Bertz CT molecular complexity index is 852. The molecule has 23 heavy (non-hydrogen) atoms. The summed E-state index contributed by atoms with van der Waals surface area (Å²) in [5, 5.41) is 10.1. The zero-order valence-electron chi connectivity index (χ0n) is 12.6. The Morgan fingerprint density at radius 3 is 2.65 bits per heavy atom. The molecule has 0 aliphatic carbocycles. The number of phenolic OH excluding ortho intramolecular Hbond substituents is 1. The third kappa shape index (κ3) is 3.16. The van der Waals surface area contributed by atoms with Crippen LogP contribution in [0.4, 0.5) is 10.1 Å². The van der Waals surface area contributed by atoms with E-state index in [1.165, 1.54) is 12.1 Å². The first kappa shape index (κ1) is 15.8. The van der Waals surface area contributed by atoms with Gasteiger partial charge in [0.1, 0.15) is 11.6 Å². The van der Waals surface area contributed by atoms with Crippen LogP contribution in [0, 0.1) is 12.7 Å². The lowest BCUT2D eigenvalue weighted by Gasteiger charge is -2.17. The van der Waals surface area contributed by atoms with E-state index < -0.39 is 10.2 Å². The minimum absolute atomic E-state index is 0.137. The zero-order valence-corrected chi connectivity index (χ0v) is 13.4. The van der Waals surface area contributed by atoms with Gasteiger partial charge in [-0.2, -0.15) is 13.1 Å². The second-order valence-corrected chi connectivity index (χ2v) is 7.25. The van der Waals surface area contributed by atoms with E-state index in [4.69, 9.17) is 0 Å². The first-order valence-corrected chi connectivity index (χ1v) is 8.65. The van der Waals surface area contributed by atoms with Crippen LogP contribution in [0.15, 0.2) is 36.4 Å². The van der Waals surface area contributed by atoms with Crippen molar-refractivity contribution < 1.29 is 17.9 Å². The van der Waals surface area contributed by atoms with Crippen molar-refractivity contribution in [1.82, 2.24) is 4.72 Å². The Morgan fingerprint density at radius 1 is 1.26 bits per heavy atom. The van der Waals surface area contributed by atoms with Crippen LogP contribution in [0.3, 0.4) is 0 Å². The summed E-state index contributed by atoms with van der Waals surface area (Å²) in [7, 11) is -3.58. The number of benzene rings is 2. The number of phenols is 1. The van der Waals surface area contributed by atoms with Crippen molar-refractivity contribution >= 4 is 15.9 Å². The molecule has 2 aromatic rings. The van der Waals surface area contributed by atoms with Crippen molar-refractivity contribution in [2.45, 2.75) is 13.3 Å². The Balaban J connectivity index is 1.88. The van der Waals surface area contributed by atoms with E-state index in [9.17, 15) is 17.9 Å². The van der Waals surface area contributed by atoms with Gasteiger partial charge in [-0.25, -0.2) is 4.39 Å². The van der Waals surface area contributed by atoms with E-state index >= 15 is 0 Å². The molecule has 0 amide bonds. The summed E-state index contributed by atoms with van der Waals surface area (Å²) < 4.78 is 41.0. The second-order valence-electron chi connectivity index (χ2n) is 5.57. The number of aromatic hydroxyl groups is 1. The predicted octanol–water partition coefficient (Wildman–Crippen LogP) is 2.08. The SMILES string of the molecule is Cc1ccc(Cc2ccc(N3CCNS3(=O)=O)c(O)c2)c(F)c1. The molecule has 7 heteroatoms. The monoisotopic (exact) mass is 336 g/mol. The summed E-state index contributed by atoms with van der Waals surface area (Å²) in [6, 6.07) is 9.72. The van der Waals surface area contributed by atoms with Crippen LogP contribution in [0.1, 0.15) is 16.7 Å². The predicted molar refractivity (Wildman–Crippen MR) is 86.3 cm³/mol. The standard InChI is InChI=1S/C16H17FN2O3S/c1-11-2-4-13(14(17)8-11)9-12-3-5-15(16(20)10-12)19-7-6-18-23(19,21)22/h2-5,8,10,18,20H,6-7,9H2,1H3. The van der Waals surface area contributed by atoms with Gasteiger partial charge in [0.15, 0.2) is 0 Å². The third-order valence-electron chi connectivity index (χ3n) is 3.80. The third-order valence-corrected chi connectivity index (χ3v) is 5.33. The second kappa shape index (κ2) is 5.82. The first-order valence-electron chi connectivity index (χ1n) is 7.21. The molecule has 0 aromatic heterocycles. The number of hydrogen-bond donors (Lipinski definition) is 2. The van der Waals surface area contributed by atoms with Gasteiger partial charge in [0.05, 0.1) is 5.69 Å². The minimum Gasteiger partial charge on any atom is -0.506 e. The molecule has 3 rings (SSSR count). The van der Waals surface area contributed by atoms with Crippen LogP contribution in [-0.4, -0.2) is 26.6 Å². The van der Waals surface area contributed by atoms with Gasteiger partial charge in [-0.15, -0.1) is 0 Å². The lowest BCUT2D eigenvalue weighted by atomic mass is 10.0. The van der Waals surface area contributed by atoms with E-state index in [0.29, 0.717) is 24.1 Å². The highest BCUT2D eigenvalue weighted by Crippen LogP contribution is 2.31. The van der Waals surface area contributed by atoms with Gasteiger partial charge < -0.3 is 5.11 Å². The van der Waals surface area contributed by atoms with Gasteiger partial charge >= 0.3 is 10.2 Å². The highest BCUT2D eigenvalue weighted by atomic mass is 32.2. The highest BCUT2D eigenvalue weighted by molar-refractivity contribution is 7.91. The molecule has 122 valence electrons. The summed E-state index contributed by atoms with van der Waals surface area (Å²) in [5.41, 5.74) is 2.30. The average molecular weight is 336 g/mol. The molecule has 2 N–H and O–H groups in total. The summed E-state index contributed by atoms with van der Waals surface area (Å²) in [6.45, 7) is 2.39. The molecule has 0 spiro atoms. The average Bonchev–Trinajstić information content (AvgIpc) is 2.82. The fourth-order valence-electron chi connectivity index (χ4n) is 2.63. The van der Waals surface area contributed by atoms with Gasteiger partial charge in [-0.3, -0.25) is 4.31 Å². The Morgan fingerprint density at radius 2 is 2.04 bits per heavy atom. The first-order chi connectivity index (χ1) is 10.9. The van der Waals surface area contributed by atoms with Crippen LogP contribution >= 0.6 is 0 Å². The minimum atomic E-state index is -3.58. The molecule has 2 aromatic carbocycles. The van der Waals surface area contributed by atoms with E-state index in [0.717, 1.165) is 9.87 Å². The molecule has 1 fully saturated rings. The number of halogens is 1. The molecule has 1 saturated heterocycles. The summed E-state index contributed by atoms with van der Waals surface area (Å²) >= 11 is 0. The molecular weight excluding hydrogens is 319 g/mol. The van der Waals surface area contributed by atoms with Crippen molar-refractivity contribution in [3.63, 3.8) is 0 Å². The van der Waals surface area contributed by atoms with Crippen molar-refractivity contribution in [3.05, 3.63) is 58.9 Å². The molecule has 0 bridgehead atoms. The smallest absolute Gasteiger partial charge is 0.301 e. The van der Waals surface area contributed by atoms with Crippen LogP contribution < -0.4 is 9.03 Å². The number of aryl methyl sites for hydroxylation is 1. The topological polar surface area (TPSA) is 69.6 Å². The highest BCUT2D eigenvalue weighted by Gasteiger charge is 2.29. The van der Waals surface area contributed by atoms with Crippen LogP contribution in [0.5, 0.6) is 5.75 Å². The van der Waals surface area contributed by atoms with Crippen molar-refractivity contribution in [2.24, 2.45) is 0 Å². The molecule has 0 saturated carbocycles.